The molecule has 1 heterocycles. The Morgan fingerprint density at radius 3 is 2.68 bits per heavy atom. The largest absolute Gasteiger partial charge is 0.482 e. The average Bonchev–Trinajstić information content (AvgIpc) is 2.80. The van der Waals surface area contributed by atoms with E-state index < -0.39 is 5.97 Å². The summed E-state index contributed by atoms with van der Waals surface area (Å²) >= 11 is 0. The van der Waals surface area contributed by atoms with Gasteiger partial charge >= 0.3 is 5.97 Å². The number of amides is 1. The minimum Gasteiger partial charge on any atom is -0.482 e. The zero-order valence-electron chi connectivity index (χ0n) is 14.7. The van der Waals surface area contributed by atoms with Crippen molar-refractivity contribution < 1.29 is 19.1 Å². The topological polar surface area (TPSA) is 64.6 Å². The Morgan fingerprint density at radius 1 is 1.20 bits per heavy atom. The van der Waals surface area contributed by atoms with Gasteiger partial charge in [0.05, 0.1) is 12.3 Å². The summed E-state index contributed by atoms with van der Waals surface area (Å²) in [5.74, 6) is -0.109. The number of nitrogens with one attached hydrogen (secondary N) is 1. The zero-order valence-corrected chi connectivity index (χ0v) is 14.7. The molecule has 1 aliphatic heterocycles. The molecule has 0 atom stereocenters. The van der Waals surface area contributed by atoms with Crippen LogP contribution in [0.1, 0.15) is 57.4 Å². The van der Waals surface area contributed by atoms with E-state index >= 15 is 0 Å². The van der Waals surface area contributed by atoms with Gasteiger partial charge in [-0.05, 0) is 56.9 Å². The van der Waals surface area contributed by atoms with Crippen molar-refractivity contribution >= 4 is 23.6 Å². The van der Waals surface area contributed by atoms with Gasteiger partial charge in [-0.25, -0.2) is 0 Å². The predicted molar refractivity (Wildman–Crippen MR) is 96.4 cm³/mol. The Kier molecular flexibility index (Phi) is 5.41. The molecule has 1 aliphatic carbocycles. The fourth-order valence-electron chi connectivity index (χ4n) is 3.54. The van der Waals surface area contributed by atoms with E-state index in [2.05, 4.69) is 11.4 Å². The highest BCUT2D eigenvalue weighted by Gasteiger charge is 2.33. The van der Waals surface area contributed by atoms with Crippen LogP contribution in [0.4, 0.5) is 5.69 Å². The van der Waals surface area contributed by atoms with Crippen molar-refractivity contribution in [2.75, 3.05) is 11.9 Å². The molecular formula is C20H25NO4. The number of benzene rings is 1. The highest BCUT2D eigenvalue weighted by Crippen LogP contribution is 2.41. The first-order valence-corrected chi connectivity index (χ1v) is 9.09. The minimum atomic E-state index is -0.519. The van der Waals surface area contributed by atoms with E-state index in [0.29, 0.717) is 5.69 Å². The van der Waals surface area contributed by atoms with Crippen LogP contribution >= 0.6 is 0 Å². The van der Waals surface area contributed by atoms with E-state index in [-0.39, 0.29) is 24.5 Å². The highest BCUT2D eigenvalue weighted by molar-refractivity contribution is 6.03. The standard InChI is InChI=1S/C20H25NO4/c1-2-24-19(23)14-18(22)21-16-8-7-9-17-15(16)10-13-20(25-17)11-5-3-4-6-12-20/h7-10,13H,2-6,11-12,14H2,1H3,(H,21,22). The lowest BCUT2D eigenvalue weighted by atomic mass is 9.90. The number of anilines is 1. The van der Waals surface area contributed by atoms with Crippen molar-refractivity contribution in [3.05, 3.63) is 29.8 Å². The fraction of sp³-hybridized carbons (Fsp3) is 0.500. The highest BCUT2D eigenvalue weighted by atomic mass is 16.5. The summed E-state index contributed by atoms with van der Waals surface area (Å²) in [4.78, 5) is 23.5. The van der Waals surface area contributed by atoms with Crippen LogP contribution in [0.15, 0.2) is 24.3 Å². The molecule has 5 heteroatoms. The van der Waals surface area contributed by atoms with Crippen molar-refractivity contribution in [3.63, 3.8) is 0 Å². The van der Waals surface area contributed by atoms with Gasteiger partial charge in [0.1, 0.15) is 17.8 Å². The average molecular weight is 343 g/mol. The summed E-state index contributed by atoms with van der Waals surface area (Å²) in [6.45, 7) is 1.99. The lowest BCUT2D eigenvalue weighted by Gasteiger charge is -2.34. The van der Waals surface area contributed by atoms with Crippen molar-refractivity contribution in [2.45, 2.75) is 57.5 Å². The molecule has 0 unspecified atom stereocenters. The Bertz CT molecular complexity index is 672. The lowest BCUT2D eigenvalue weighted by Crippen LogP contribution is -2.35. The van der Waals surface area contributed by atoms with Gasteiger partial charge in [0.15, 0.2) is 0 Å². The molecule has 134 valence electrons. The molecule has 5 nitrogen and oxygen atoms in total. The third-order valence-corrected chi connectivity index (χ3v) is 4.77. The maximum Gasteiger partial charge on any atom is 0.315 e. The predicted octanol–water partition coefficient (Wildman–Crippen LogP) is 4.08. The molecule has 1 aromatic rings. The molecule has 0 aromatic heterocycles. The quantitative estimate of drug-likeness (QED) is 0.661. The molecule has 1 aromatic carbocycles. The van der Waals surface area contributed by atoms with Crippen LogP contribution in [0.5, 0.6) is 5.75 Å². The third-order valence-electron chi connectivity index (χ3n) is 4.77. The number of rotatable bonds is 4. The number of carbonyl (C=O) groups is 2. The maximum absolute atomic E-state index is 12.0. The van der Waals surface area contributed by atoms with Crippen LogP contribution < -0.4 is 10.1 Å². The molecule has 1 amide bonds. The third kappa shape index (κ3) is 4.21. The van der Waals surface area contributed by atoms with Gasteiger partial charge in [0.25, 0.3) is 0 Å². The number of esters is 1. The first-order chi connectivity index (χ1) is 12.1. The van der Waals surface area contributed by atoms with E-state index in [4.69, 9.17) is 9.47 Å². The second-order valence-corrected chi connectivity index (χ2v) is 6.66. The van der Waals surface area contributed by atoms with Crippen LogP contribution in [-0.4, -0.2) is 24.1 Å². The van der Waals surface area contributed by atoms with Gasteiger partial charge in [-0.1, -0.05) is 18.9 Å². The van der Waals surface area contributed by atoms with Gasteiger partial charge in [-0.3, -0.25) is 9.59 Å². The van der Waals surface area contributed by atoms with Gasteiger partial charge in [-0.15, -0.1) is 0 Å². The van der Waals surface area contributed by atoms with Crippen molar-refractivity contribution in [2.24, 2.45) is 0 Å². The van der Waals surface area contributed by atoms with Crippen molar-refractivity contribution in [1.82, 2.24) is 0 Å². The number of ether oxygens (including phenoxy) is 2. The van der Waals surface area contributed by atoms with Gasteiger partial charge in [-0.2, -0.15) is 0 Å². The van der Waals surface area contributed by atoms with Gasteiger partial charge < -0.3 is 14.8 Å². The monoisotopic (exact) mass is 343 g/mol. The first-order valence-electron chi connectivity index (χ1n) is 9.09. The normalized spacial score (nSPS) is 18.0. The molecule has 2 aliphatic rings. The van der Waals surface area contributed by atoms with Crippen molar-refractivity contribution in [3.8, 4) is 5.75 Å². The molecule has 0 bridgehead atoms. The number of hydrogen-bond acceptors (Lipinski definition) is 4. The maximum atomic E-state index is 12.0. The number of fused-ring (bicyclic) bond motifs is 1. The summed E-state index contributed by atoms with van der Waals surface area (Å²) < 4.78 is 11.2. The van der Waals surface area contributed by atoms with E-state index in [0.717, 1.165) is 24.2 Å². The summed E-state index contributed by atoms with van der Waals surface area (Å²) in [6.07, 6.45) is 10.8. The molecule has 0 saturated heterocycles. The Labute approximate surface area is 148 Å². The molecule has 1 fully saturated rings. The molecular weight excluding hydrogens is 318 g/mol. The second-order valence-electron chi connectivity index (χ2n) is 6.66. The minimum absolute atomic E-state index is 0.211. The van der Waals surface area contributed by atoms with Crippen LogP contribution in [-0.2, 0) is 14.3 Å². The van der Waals surface area contributed by atoms with E-state index in [1.54, 1.807) is 6.92 Å². The van der Waals surface area contributed by atoms with E-state index in [1.807, 2.05) is 24.3 Å². The molecule has 1 spiro atoms. The SMILES string of the molecule is CCOC(=O)CC(=O)Nc1cccc2c1C=CC1(CCCCCC1)O2. The van der Waals surface area contributed by atoms with Gasteiger partial charge in [0, 0.05) is 5.56 Å². The van der Waals surface area contributed by atoms with Crippen LogP contribution in [0.25, 0.3) is 6.08 Å². The number of hydrogen-bond donors (Lipinski definition) is 1. The van der Waals surface area contributed by atoms with Crippen molar-refractivity contribution in [1.29, 1.82) is 0 Å². The van der Waals surface area contributed by atoms with Gasteiger partial charge in [0.2, 0.25) is 5.91 Å². The van der Waals surface area contributed by atoms with E-state index in [9.17, 15) is 9.59 Å². The van der Waals surface area contributed by atoms with Crippen LogP contribution in [0.3, 0.4) is 0 Å². The van der Waals surface area contributed by atoms with E-state index in [1.165, 1.54) is 25.7 Å². The summed E-state index contributed by atoms with van der Waals surface area (Å²) in [6, 6.07) is 5.62. The molecule has 25 heavy (non-hydrogen) atoms. The summed E-state index contributed by atoms with van der Waals surface area (Å²) in [5, 5.41) is 2.79. The molecule has 0 radical (unpaired) electrons. The lowest BCUT2D eigenvalue weighted by molar-refractivity contribution is -0.145. The van der Waals surface area contributed by atoms with Crippen LogP contribution in [0.2, 0.25) is 0 Å². The molecule has 1 saturated carbocycles. The van der Waals surface area contributed by atoms with Crippen LogP contribution in [0, 0.1) is 0 Å². The fourth-order valence-corrected chi connectivity index (χ4v) is 3.54. The Balaban J connectivity index is 1.74. The zero-order chi connectivity index (χ0) is 17.7. The Hall–Kier alpha value is -2.30. The molecule has 1 N–H and O–H groups in total. The summed E-state index contributed by atoms with van der Waals surface area (Å²) in [7, 11) is 0. The second kappa shape index (κ2) is 7.72. The first kappa shape index (κ1) is 17.5. The smallest absolute Gasteiger partial charge is 0.315 e. The summed E-state index contributed by atoms with van der Waals surface area (Å²) in [5.41, 5.74) is 1.30. The number of carbonyl (C=O) groups excluding carboxylic acids is 2. The Morgan fingerprint density at radius 2 is 1.96 bits per heavy atom. The molecule has 3 rings (SSSR count).